The number of hydrogen-bond donors (Lipinski definition) is 0. The second kappa shape index (κ2) is 8.73. The lowest BCUT2D eigenvalue weighted by Crippen LogP contribution is -2.44. The molecular weight excluding hydrogens is 416 g/mol. The van der Waals surface area contributed by atoms with Crippen LogP contribution in [0.5, 0.6) is 11.5 Å². The second-order valence-electron chi connectivity index (χ2n) is 9.52. The highest BCUT2D eigenvalue weighted by Gasteiger charge is 2.48. The minimum Gasteiger partial charge on any atom is -0.497 e. The number of fused-ring (bicyclic) bond motifs is 2. The standard InChI is InChI=1S/C27H32N2O4/c1-32-19-9-10-21(24(17-19)33-2)25(30)29-15-11-27(12-16-29)18-22(20-7-3-4-8-23(20)27)26(31)28-13-5-6-14-28/h3-4,7-10,17,22H,5-6,11-16,18H2,1-2H3. The number of benzene rings is 2. The molecule has 0 radical (unpaired) electrons. The lowest BCUT2D eigenvalue weighted by Gasteiger charge is -2.40. The topological polar surface area (TPSA) is 59.1 Å². The summed E-state index contributed by atoms with van der Waals surface area (Å²) >= 11 is 0. The van der Waals surface area contributed by atoms with E-state index < -0.39 is 0 Å². The molecule has 2 amide bonds. The van der Waals surface area contributed by atoms with Crippen LogP contribution in [0.15, 0.2) is 42.5 Å². The molecule has 6 nitrogen and oxygen atoms in total. The molecule has 1 unspecified atom stereocenters. The molecule has 2 saturated heterocycles. The lowest BCUT2D eigenvalue weighted by atomic mass is 9.73. The molecule has 2 aromatic carbocycles. The van der Waals surface area contributed by atoms with Crippen molar-refractivity contribution in [2.45, 2.75) is 43.4 Å². The Morgan fingerprint density at radius 1 is 0.909 bits per heavy atom. The Kier molecular flexibility index (Phi) is 5.77. The van der Waals surface area contributed by atoms with Gasteiger partial charge in [0, 0.05) is 37.7 Å². The second-order valence-corrected chi connectivity index (χ2v) is 9.52. The maximum absolute atomic E-state index is 13.4. The fourth-order valence-corrected chi connectivity index (χ4v) is 6.03. The van der Waals surface area contributed by atoms with E-state index in [4.69, 9.17) is 9.47 Å². The highest BCUT2D eigenvalue weighted by molar-refractivity contribution is 5.97. The number of methoxy groups -OCH3 is 2. The number of likely N-dealkylation sites (tertiary alicyclic amines) is 2. The van der Waals surface area contributed by atoms with Crippen LogP contribution in [-0.4, -0.2) is 62.0 Å². The summed E-state index contributed by atoms with van der Waals surface area (Å²) in [6.45, 7) is 3.12. The van der Waals surface area contributed by atoms with Gasteiger partial charge >= 0.3 is 0 Å². The molecule has 1 spiro atoms. The number of piperidine rings is 1. The van der Waals surface area contributed by atoms with Gasteiger partial charge < -0.3 is 19.3 Å². The van der Waals surface area contributed by atoms with E-state index in [1.165, 1.54) is 11.1 Å². The minimum atomic E-state index is -0.0526. The predicted molar refractivity (Wildman–Crippen MR) is 126 cm³/mol. The van der Waals surface area contributed by atoms with E-state index >= 15 is 0 Å². The van der Waals surface area contributed by atoms with Crippen molar-refractivity contribution in [2.75, 3.05) is 40.4 Å². The van der Waals surface area contributed by atoms with Crippen LogP contribution in [0.2, 0.25) is 0 Å². The number of nitrogens with zero attached hydrogens (tertiary/aromatic N) is 2. The van der Waals surface area contributed by atoms with E-state index in [1.54, 1.807) is 32.4 Å². The van der Waals surface area contributed by atoms with Crippen LogP contribution in [0.1, 0.15) is 59.5 Å². The summed E-state index contributed by atoms with van der Waals surface area (Å²) in [5.41, 5.74) is 3.04. The van der Waals surface area contributed by atoms with Crippen molar-refractivity contribution < 1.29 is 19.1 Å². The Balaban J connectivity index is 1.35. The first-order valence-corrected chi connectivity index (χ1v) is 12.0. The smallest absolute Gasteiger partial charge is 0.257 e. The summed E-state index contributed by atoms with van der Waals surface area (Å²) < 4.78 is 10.7. The number of carbonyl (C=O) groups excluding carboxylic acids is 2. The van der Waals surface area contributed by atoms with Gasteiger partial charge in [-0.05, 0) is 55.4 Å². The molecule has 0 bridgehead atoms. The zero-order chi connectivity index (χ0) is 23.0. The monoisotopic (exact) mass is 448 g/mol. The summed E-state index contributed by atoms with van der Waals surface area (Å²) in [6.07, 6.45) is 4.82. The zero-order valence-electron chi connectivity index (χ0n) is 19.5. The molecule has 6 heteroatoms. The van der Waals surface area contributed by atoms with Crippen LogP contribution in [-0.2, 0) is 10.2 Å². The fraction of sp³-hybridized carbons (Fsp3) is 0.481. The molecular formula is C27H32N2O4. The molecule has 2 aromatic rings. The van der Waals surface area contributed by atoms with Crippen LogP contribution in [0.3, 0.4) is 0 Å². The van der Waals surface area contributed by atoms with Crippen LogP contribution in [0.4, 0.5) is 0 Å². The third kappa shape index (κ3) is 3.75. The lowest BCUT2D eigenvalue weighted by molar-refractivity contribution is -0.132. The van der Waals surface area contributed by atoms with Crippen LogP contribution >= 0.6 is 0 Å². The van der Waals surface area contributed by atoms with E-state index in [0.717, 1.165) is 45.2 Å². The SMILES string of the molecule is COc1ccc(C(=O)N2CCC3(CC2)CC(C(=O)N2CCCC2)c2ccccc23)c(OC)c1. The first-order chi connectivity index (χ1) is 16.1. The molecule has 0 aromatic heterocycles. The average Bonchev–Trinajstić information content (AvgIpc) is 3.51. The third-order valence-electron chi connectivity index (χ3n) is 7.87. The highest BCUT2D eigenvalue weighted by Crippen LogP contribution is 2.52. The van der Waals surface area contributed by atoms with E-state index in [-0.39, 0.29) is 17.2 Å². The van der Waals surface area contributed by atoms with Crippen molar-refractivity contribution in [3.05, 3.63) is 59.2 Å². The van der Waals surface area contributed by atoms with Gasteiger partial charge in [-0.15, -0.1) is 0 Å². The number of hydrogen-bond acceptors (Lipinski definition) is 4. The molecule has 1 atom stereocenters. The van der Waals surface area contributed by atoms with Gasteiger partial charge in [0.1, 0.15) is 11.5 Å². The predicted octanol–water partition coefficient (Wildman–Crippen LogP) is 3.99. The number of carbonyl (C=O) groups is 2. The molecule has 2 heterocycles. The summed E-state index contributed by atoms with van der Waals surface area (Å²) in [7, 11) is 3.17. The summed E-state index contributed by atoms with van der Waals surface area (Å²) in [6, 6.07) is 13.8. The highest BCUT2D eigenvalue weighted by atomic mass is 16.5. The maximum Gasteiger partial charge on any atom is 0.257 e. The number of ether oxygens (including phenoxy) is 2. The molecule has 0 saturated carbocycles. The summed E-state index contributed by atoms with van der Waals surface area (Å²) in [4.78, 5) is 30.6. The van der Waals surface area contributed by atoms with E-state index in [2.05, 4.69) is 29.2 Å². The van der Waals surface area contributed by atoms with Crippen LogP contribution in [0, 0.1) is 0 Å². The van der Waals surface area contributed by atoms with Gasteiger partial charge in [0.05, 0.1) is 25.7 Å². The maximum atomic E-state index is 13.4. The molecule has 2 fully saturated rings. The Labute approximate surface area is 195 Å². The van der Waals surface area contributed by atoms with E-state index in [9.17, 15) is 9.59 Å². The van der Waals surface area contributed by atoms with Crippen molar-refractivity contribution in [1.29, 1.82) is 0 Å². The summed E-state index contributed by atoms with van der Waals surface area (Å²) in [5.74, 6) is 1.42. The zero-order valence-corrected chi connectivity index (χ0v) is 19.5. The van der Waals surface area contributed by atoms with Crippen molar-refractivity contribution in [1.82, 2.24) is 9.80 Å². The third-order valence-corrected chi connectivity index (χ3v) is 7.87. The van der Waals surface area contributed by atoms with Gasteiger partial charge in [-0.3, -0.25) is 9.59 Å². The summed E-state index contributed by atoms with van der Waals surface area (Å²) in [5, 5.41) is 0. The van der Waals surface area contributed by atoms with Crippen molar-refractivity contribution in [2.24, 2.45) is 0 Å². The Hall–Kier alpha value is -3.02. The van der Waals surface area contributed by atoms with Crippen molar-refractivity contribution in [3.63, 3.8) is 0 Å². The fourth-order valence-electron chi connectivity index (χ4n) is 6.03. The van der Waals surface area contributed by atoms with Crippen molar-refractivity contribution >= 4 is 11.8 Å². The Morgan fingerprint density at radius 3 is 2.33 bits per heavy atom. The van der Waals surface area contributed by atoms with Gasteiger partial charge in [-0.2, -0.15) is 0 Å². The molecule has 5 rings (SSSR count). The average molecular weight is 449 g/mol. The van der Waals surface area contributed by atoms with Gasteiger partial charge in [0.25, 0.3) is 5.91 Å². The first kappa shape index (κ1) is 21.8. The molecule has 174 valence electrons. The Morgan fingerprint density at radius 2 is 1.64 bits per heavy atom. The van der Waals surface area contributed by atoms with Crippen LogP contribution in [0.25, 0.3) is 0 Å². The van der Waals surface area contributed by atoms with Gasteiger partial charge in [0.15, 0.2) is 0 Å². The normalized spacial score (nSPS) is 21.2. The minimum absolute atomic E-state index is 0.0136. The quantitative estimate of drug-likeness (QED) is 0.710. The van der Waals surface area contributed by atoms with Gasteiger partial charge in [-0.25, -0.2) is 0 Å². The Bertz CT molecular complexity index is 1050. The van der Waals surface area contributed by atoms with E-state index in [1.807, 2.05) is 4.90 Å². The molecule has 0 N–H and O–H groups in total. The number of amides is 2. The molecule has 2 aliphatic heterocycles. The van der Waals surface area contributed by atoms with Crippen LogP contribution < -0.4 is 9.47 Å². The van der Waals surface area contributed by atoms with Gasteiger partial charge in [-0.1, -0.05) is 24.3 Å². The van der Waals surface area contributed by atoms with Gasteiger partial charge in [0.2, 0.25) is 5.91 Å². The first-order valence-electron chi connectivity index (χ1n) is 12.0. The largest absolute Gasteiger partial charge is 0.497 e. The molecule has 3 aliphatic rings. The molecule has 1 aliphatic carbocycles. The molecule has 33 heavy (non-hydrogen) atoms. The number of rotatable bonds is 4. The van der Waals surface area contributed by atoms with Crippen molar-refractivity contribution in [3.8, 4) is 11.5 Å². The van der Waals surface area contributed by atoms with E-state index in [0.29, 0.717) is 36.1 Å².